The summed E-state index contributed by atoms with van der Waals surface area (Å²) in [6, 6.07) is 10.9. The summed E-state index contributed by atoms with van der Waals surface area (Å²) < 4.78 is 69.8. The Kier molecular flexibility index (Phi) is 8.89. The Morgan fingerprint density at radius 3 is 2.61 bits per heavy atom. The fourth-order valence-electron chi connectivity index (χ4n) is 6.07. The third kappa shape index (κ3) is 6.65. The third-order valence-corrected chi connectivity index (χ3v) is 13.0. The number of H-pyrrole nitrogens is 1. The summed E-state index contributed by atoms with van der Waals surface area (Å²) >= 11 is 0. The van der Waals surface area contributed by atoms with E-state index in [4.69, 9.17) is 14.2 Å². The lowest BCUT2D eigenvalue weighted by Crippen LogP contribution is -2.47. The van der Waals surface area contributed by atoms with Gasteiger partial charge in [-0.3, -0.25) is 4.79 Å². The maximum absolute atomic E-state index is 13.4. The number of aryl methyl sites for hydroxylation is 1. The first-order valence-electron chi connectivity index (χ1n) is 15.2. The average molecular weight is 676 g/mol. The van der Waals surface area contributed by atoms with E-state index in [9.17, 15) is 31.5 Å². The normalized spacial score (nSPS) is 20.9. The van der Waals surface area contributed by atoms with Crippen molar-refractivity contribution in [1.29, 1.82) is 0 Å². The predicted molar refractivity (Wildman–Crippen MR) is 167 cm³/mol. The van der Waals surface area contributed by atoms with Crippen molar-refractivity contribution in [3.63, 3.8) is 0 Å². The Morgan fingerprint density at radius 1 is 1.13 bits per heavy atom. The first-order chi connectivity index (χ1) is 21.9. The van der Waals surface area contributed by atoms with Crippen LogP contribution in [0.4, 0.5) is 4.79 Å². The van der Waals surface area contributed by atoms with Crippen molar-refractivity contribution in [3.8, 4) is 5.75 Å². The van der Waals surface area contributed by atoms with Gasteiger partial charge in [0.2, 0.25) is 15.5 Å². The number of ether oxygens (including phenoxy) is 3. The number of piperidine rings is 1. The predicted octanol–water partition coefficient (Wildman–Crippen LogP) is 2.25. The van der Waals surface area contributed by atoms with Crippen LogP contribution in [0.2, 0.25) is 0 Å². The molecule has 248 valence electrons. The number of fused-ring (bicyclic) bond motifs is 1. The van der Waals surface area contributed by atoms with Crippen LogP contribution in [0.1, 0.15) is 37.7 Å². The van der Waals surface area contributed by atoms with Crippen molar-refractivity contribution in [3.05, 3.63) is 64.4 Å². The van der Waals surface area contributed by atoms with Crippen LogP contribution in [0.3, 0.4) is 0 Å². The van der Waals surface area contributed by atoms with E-state index in [1.54, 1.807) is 24.3 Å². The minimum Gasteiger partial charge on any atom is -0.491 e. The highest BCUT2D eigenvalue weighted by atomic mass is 32.2. The quantitative estimate of drug-likeness (QED) is 0.288. The number of nitrogens with zero attached hydrogens (tertiary/aromatic N) is 1. The number of rotatable bonds is 10. The van der Waals surface area contributed by atoms with Crippen molar-refractivity contribution in [1.82, 2.24) is 14.6 Å². The summed E-state index contributed by atoms with van der Waals surface area (Å²) in [7, 11) is -7.41. The van der Waals surface area contributed by atoms with E-state index < -0.39 is 43.1 Å². The zero-order chi connectivity index (χ0) is 32.7. The van der Waals surface area contributed by atoms with E-state index in [2.05, 4.69) is 10.3 Å². The van der Waals surface area contributed by atoms with E-state index in [0.717, 1.165) is 5.56 Å². The van der Waals surface area contributed by atoms with Crippen molar-refractivity contribution in [2.75, 3.05) is 32.9 Å². The SMILES string of the molecule is Cc1cccc2c(=O)c(S(=O)(=O)N3CCC4(CC3)C[C@@H](NC(=O)OC[C@@H](O)COc3cccc(S(=O)(=O)C5CC5)c3)CO4)c[nH]c12. The Labute approximate surface area is 266 Å². The molecular formula is C31H37N3O10S2. The number of aliphatic hydroxyl groups is 1. The van der Waals surface area contributed by atoms with Gasteiger partial charge in [-0.2, -0.15) is 4.31 Å². The number of amides is 1. The number of sulfonamides is 1. The third-order valence-electron chi connectivity index (χ3n) is 8.82. The van der Waals surface area contributed by atoms with Crippen LogP contribution in [0.25, 0.3) is 10.9 Å². The first-order valence-corrected chi connectivity index (χ1v) is 18.2. The van der Waals surface area contributed by atoms with Gasteiger partial charge in [-0.15, -0.1) is 0 Å². The number of nitrogens with one attached hydrogen (secondary N) is 2. The lowest BCUT2D eigenvalue weighted by Gasteiger charge is -2.37. The topological polar surface area (TPSA) is 181 Å². The molecule has 2 aliphatic heterocycles. The van der Waals surface area contributed by atoms with E-state index in [1.807, 2.05) is 13.0 Å². The molecule has 3 heterocycles. The first kappa shape index (κ1) is 32.4. The number of sulfone groups is 1. The molecule has 3 aliphatic rings. The standard InChI is InChI=1S/C31H37N3O10S2/c1-20-4-2-7-26-28(20)32-16-27(29(26)36)46(40,41)34-12-10-31(11-13-34)15-21(17-44-31)33-30(37)43-19-22(35)18-42-23-5-3-6-25(14-23)45(38,39)24-8-9-24/h2-7,14,16,21-22,24,35H,8-13,15,17-19H2,1H3,(H,32,36)(H,33,37)/t21-,22+/m1/s1. The second-order valence-electron chi connectivity index (χ2n) is 12.2. The highest BCUT2D eigenvalue weighted by Gasteiger charge is 2.45. The van der Waals surface area contributed by atoms with Crippen LogP contribution in [-0.2, 0) is 29.3 Å². The van der Waals surface area contributed by atoms with Crippen molar-refractivity contribution >= 4 is 36.9 Å². The van der Waals surface area contributed by atoms with Crippen molar-refractivity contribution in [2.24, 2.45) is 0 Å². The van der Waals surface area contributed by atoms with Gasteiger partial charge in [0.25, 0.3) is 0 Å². The highest BCUT2D eigenvalue weighted by Crippen LogP contribution is 2.37. The number of carbonyl (C=O) groups is 1. The molecule has 13 nitrogen and oxygen atoms in total. The number of aromatic nitrogens is 1. The monoisotopic (exact) mass is 675 g/mol. The van der Waals surface area contributed by atoms with Crippen LogP contribution in [0.5, 0.6) is 5.75 Å². The molecule has 1 amide bonds. The Bertz CT molecular complexity index is 1900. The molecule has 1 saturated carbocycles. The Balaban J connectivity index is 0.957. The van der Waals surface area contributed by atoms with Crippen molar-refractivity contribution < 1.29 is 40.9 Å². The van der Waals surface area contributed by atoms with E-state index in [1.165, 1.54) is 22.6 Å². The number of alkyl carbamates (subject to hydrolysis) is 1. The van der Waals surface area contributed by atoms with Gasteiger partial charge in [-0.25, -0.2) is 21.6 Å². The van der Waals surface area contributed by atoms with E-state index in [0.29, 0.717) is 43.0 Å². The Hall–Kier alpha value is -3.50. The van der Waals surface area contributed by atoms with Crippen LogP contribution >= 0.6 is 0 Å². The van der Waals surface area contributed by atoms with Gasteiger partial charge >= 0.3 is 6.09 Å². The zero-order valence-corrected chi connectivity index (χ0v) is 26.9. The number of aliphatic hydroxyl groups excluding tert-OH is 1. The summed E-state index contributed by atoms with van der Waals surface area (Å²) in [5.41, 5.74) is 0.289. The fraction of sp³-hybridized carbons (Fsp3) is 0.484. The molecule has 1 aliphatic carbocycles. The maximum Gasteiger partial charge on any atom is 0.407 e. The minimum absolute atomic E-state index is 0.159. The summed E-state index contributed by atoms with van der Waals surface area (Å²) in [5.74, 6) is 0.289. The molecule has 0 bridgehead atoms. The van der Waals surface area contributed by atoms with Crippen LogP contribution in [0, 0.1) is 6.92 Å². The molecule has 3 N–H and O–H groups in total. The zero-order valence-electron chi connectivity index (χ0n) is 25.3. The number of carbonyl (C=O) groups excluding carboxylic acids is 1. The molecule has 3 fully saturated rings. The van der Waals surface area contributed by atoms with Crippen LogP contribution < -0.4 is 15.5 Å². The minimum atomic E-state index is -4.04. The molecule has 1 aromatic heterocycles. The molecule has 2 aromatic carbocycles. The highest BCUT2D eigenvalue weighted by molar-refractivity contribution is 7.92. The van der Waals surface area contributed by atoms with Crippen LogP contribution in [0.15, 0.2) is 63.2 Å². The molecular weight excluding hydrogens is 638 g/mol. The van der Waals surface area contributed by atoms with Gasteiger partial charge in [0.05, 0.1) is 33.9 Å². The molecule has 2 saturated heterocycles. The molecule has 15 heteroatoms. The Morgan fingerprint density at radius 2 is 1.87 bits per heavy atom. The van der Waals surface area contributed by atoms with Gasteiger partial charge in [0.1, 0.15) is 30.0 Å². The number of benzene rings is 2. The van der Waals surface area contributed by atoms with E-state index >= 15 is 0 Å². The van der Waals surface area contributed by atoms with Gasteiger partial charge in [0.15, 0.2) is 9.84 Å². The number of aromatic amines is 1. The van der Waals surface area contributed by atoms with E-state index in [-0.39, 0.29) is 59.7 Å². The lowest BCUT2D eigenvalue weighted by atomic mass is 9.88. The fourth-order valence-corrected chi connectivity index (χ4v) is 9.25. The second-order valence-corrected chi connectivity index (χ2v) is 16.3. The maximum atomic E-state index is 13.4. The molecule has 3 aromatic rings. The molecule has 2 atom stereocenters. The molecule has 46 heavy (non-hydrogen) atoms. The van der Waals surface area contributed by atoms with Gasteiger partial charge in [-0.1, -0.05) is 18.2 Å². The van der Waals surface area contributed by atoms with Gasteiger partial charge in [0, 0.05) is 24.7 Å². The summed E-state index contributed by atoms with van der Waals surface area (Å²) in [4.78, 5) is 28.4. The lowest BCUT2D eigenvalue weighted by molar-refractivity contribution is -0.0312. The van der Waals surface area contributed by atoms with Crippen LogP contribution in [-0.4, -0.2) is 93.2 Å². The molecule has 0 radical (unpaired) electrons. The molecule has 0 unspecified atom stereocenters. The van der Waals surface area contributed by atoms with Gasteiger partial charge in [-0.05, 0) is 68.9 Å². The summed E-state index contributed by atoms with van der Waals surface area (Å²) in [6.45, 7) is 1.83. The number of hydrogen-bond donors (Lipinski definition) is 3. The summed E-state index contributed by atoms with van der Waals surface area (Å²) in [5, 5.41) is 13.0. The largest absolute Gasteiger partial charge is 0.491 e. The van der Waals surface area contributed by atoms with Crippen molar-refractivity contribution in [2.45, 2.75) is 71.8 Å². The average Bonchev–Trinajstić information content (AvgIpc) is 3.83. The summed E-state index contributed by atoms with van der Waals surface area (Å²) in [6.07, 6.45) is 1.91. The number of hydrogen-bond acceptors (Lipinski definition) is 10. The number of pyridine rings is 1. The smallest absolute Gasteiger partial charge is 0.407 e. The molecule has 6 rings (SSSR count). The van der Waals surface area contributed by atoms with Gasteiger partial charge < -0.3 is 29.6 Å². The second kappa shape index (κ2) is 12.6. The number of para-hydroxylation sites is 1. The molecule has 1 spiro atoms.